The number of ether oxygens (including phenoxy) is 1. The molecule has 0 bridgehead atoms. The van der Waals surface area contributed by atoms with Crippen molar-refractivity contribution in [1.82, 2.24) is 14.6 Å². The summed E-state index contributed by atoms with van der Waals surface area (Å²) in [5, 5.41) is 4.32. The van der Waals surface area contributed by atoms with Crippen LogP contribution in [0.5, 0.6) is 5.75 Å². The molecule has 0 amide bonds. The van der Waals surface area contributed by atoms with Gasteiger partial charge in [0.2, 0.25) is 4.96 Å². The molecule has 4 rings (SSSR count). The fraction of sp³-hybridized carbons (Fsp3) is 0.118. The van der Waals surface area contributed by atoms with Crippen LogP contribution >= 0.6 is 11.3 Å². The van der Waals surface area contributed by atoms with E-state index in [0.29, 0.717) is 27.7 Å². The zero-order valence-electron chi connectivity index (χ0n) is 12.8. The van der Waals surface area contributed by atoms with Crippen molar-refractivity contribution in [2.45, 2.75) is 6.92 Å². The number of thiazole rings is 1. The van der Waals surface area contributed by atoms with Crippen LogP contribution in [0.25, 0.3) is 22.4 Å². The fourth-order valence-corrected chi connectivity index (χ4v) is 3.21. The van der Waals surface area contributed by atoms with Crippen LogP contribution in [-0.2, 0) is 0 Å². The first kappa shape index (κ1) is 14.6. The Bertz CT molecular complexity index is 1080. The molecule has 0 unspecified atom stereocenters. The van der Waals surface area contributed by atoms with Crippen molar-refractivity contribution >= 4 is 22.4 Å². The third-order valence-electron chi connectivity index (χ3n) is 3.42. The smallest absolute Gasteiger partial charge is 0.291 e. The van der Waals surface area contributed by atoms with Gasteiger partial charge in [-0.05, 0) is 43.3 Å². The SMILES string of the molecule is CCOc1ccc(-c2nc3s/c(=C\c4ccco4)c(=O)n3n2)cc1. The van der Waals surface area contributed by atoms with Crippen LogP contribution in [0, 0.1) is 0 Å². The zero-order chi connectivity index (χ0) is 16.5. The Morgan fingerprint density at radius 3 is 2.79 bits per heavy atom. The van der Waals surface area contributed by atoms with E-state index in [9.17, 15) is 4.79 Å². The molecule has 4 aromatic rings. The van der Waals surface area contributed by atoms with Gasteiger partial charge in [-0.15, -0.1) is 5.10 Å². The van der Waals surface area contributed by atoms with Crippen molar-refractivity contribution < 1.29 is 9.15 Å². The number of rotatable bonds is 4. The number of hydrogen-bond donors (Lipinski definition) is 0. The Kier molecular flexibility index (Phi) is 3.62. The van der Waals surface area contributed by atoms with E-state index < -0.39 is 0 Å². The summed E-state index contributed by atoms with van der Waals surface area (Å²) in [6.45, 7) is 2.55. The van der Waals surface area contributed by atoms with Gasteiger partial charge in [-0.1, -0.05) is 11.3 Å². The fourth-order valence-electron chi connectivity index (χ4n) is 2.33. The van der Waals surface area contributed by atoms with E-state index in [1.165, 1.54) is 15.9 Å². The van der Waals surface area contributed by atoms with E-state index in [1.54, 1.807) is 24.5 Å². The van der Waals surface area contributed by atoms with Gasteiger partial charge in [0.05, 0.1) is 12.9 Å². The van der Waals surface area contributed by atoms with Gasteiger partial charge in [0.1, 0.15) is 16.0 Å². The van der Waals surface area contributed by atoms with E-state index >= 15 is 0 Å². The monoisotopic (exact) mass is 339 g/mol. The first-order valence-electron chi connectivity index (χ1n) is 7.42. The Morgan fingerprint density at radius 2 is 2.12 bits per heavy atom. The van der Waals surface area contributed by atoms with Gasteiger partial charge in [0, 0.05) is 11.6 Å². The lowest BCUT2D eigenvalue weighted by Crippen LogP contribution is -2.23. The summed E-state index contributed by atoms with van der Waals surface area (Å²) in [6, 6.07) is 11.1. The second-order valence-electron chi connectivity index (χ2n) is 5.02. The van der Waals surface area contributed by atoms with Gasteiger partial charge < -0.3 is 9.15 Å². The Balaban J connectivity index is 1.73. The van der Waals surface area contributed by atoms with Crippen LogP contribution < -0.4 is 14.8 Å². The molecule has 3 aromatic heterocycles. The molecule has 6 nitrogen and oxygen atoms in total. The van der Waals surface area contributed by atoms with Crippen molar-refractivity contribution in [3.05, 3.63) is 63.3 Å². The third kappa shape index (κ3) is 2.59. The Labute approximate surface area is 140 Å². The molecule has 0 fully saturated rings. The predicted octanol–water partition coefficient (Wildman–Crippen LogP) is 2.36. The van der Waals surface area contributed by atoms with Crippen molar-refractivity contribution in [3.8, 4) is 17.1 Å². The van der Waals surface area contributed by atoms with Crippen LogP contribution in [0.3, 0.4) is 0 Å². The summed E-state index contributed by atoms with van der Waals surface area (Å²) >= 11 is 1.29. The molecule has 0 N–H and O–H groups in total. The quantitative estimate of drug-likeness (QED) is 0.571. The molecule has 24 heavy (non-hydrogen) atoms. The summed E-state index contributed by atoms with van der Waals surface area (Å²) in [4.78, 5) is 17.4. The lowest BCUT2D eigenvalue weighted by atomic mass is 10.2. The number of fused-ring (bicyclic) bond motifs is 1. The summed E-state index contributed by atoms with van der Waals surface area (Å²) in [5.41, 5.74) is 0.640. The molecule has 0 saturated heterocycles. The van der Waals surface area contributed by atoms with Gasteiger partial charge in [-0.3, -0.25) is 4.79 Å². The second kappa shape index (κ2) is 5.93. The summed E-state index contributed by atoms with van der Waals surface area (Å²) in [5.74, 6) is 1.94. The summed E-state index contributed by atoms with van der Waals surface area (Å²) < 4.78 is 12.5. The lowest BCUT2D eigenvalue weighted by molar-refractivity contribution is 0.340. The van der Waals surface area contributed by atoms with Crippen LogP contribution in [0.15, 0.2) is 51.9 Å². The molecule has 0 saturated carbocycles. The molecule has 0 aliphatic rings. The number of furan rings is 1. The van der Waals surface area contributed by atoms with Gasteiger partial charge in [-0.2, -0.15) is 9.50 Å². The van der Waals surface area contributed by atoms with Crippen LogP contribution in [0.1, 0.15) is 12.7 Å². The number of aromatic nitrogens is 3. The van der Waals surface area contributed by atoms with Gasteiger partial charge >= 0.3 is 0 Å². The minimum Gasteiger partial charge on any atom is -0.494 e. The highest BCUT2D eigenvalue weighted by Crippen LogP contribution is 2.20. The largest absolute Gasteiger partial charge is 0.494 e. The molecule has 3 heterocycles. The molecule has 0 radical (unpaired) electrons. The van der Waals surface area contributed by atoms with E-state index in [1.807, 2.05) is 31.2 Å². The van der Waals surface area contributed by atoms with Gasteiger partial charge in [0.25, 0.3) is 5.56 Å². The highest BCUT2D eigenvalue weighted by molar-refractivity contribution is 7.15. The Hall–Kier alpha value is -2.93. The average Bonchev–Trinajstić information content (AvgIpc) is 3.29. The van der Waals surface area contributed by atoms with E-state index in [4.69, 9.17) is 9.15 Å². The predicted molar refractivity (Wildman–Crippen MR) is 91.2 cm³/mol. The molecule has 0 atom stereocenters. The maximum atomic E-state index is 12.4. The molecule has 0 aliphatic heterocycles. The second-order valence-corrected chi connectivity index (χ2v) is 6.03. The highest BCUT2D eigenvalue weighted by Gasteiger charge is 2.12. The van der Waals surface area contributed by atoms with Gasteiger partial charge in [0.15, 0.2) is 5.82 Å². The van der Waals surface area contributed by atoms with E-state index in [0.717, 1.165) is 11.3 Å². The molecular weight excluding hydrogens is 326 g/mol. The van der Waals surface area contributed by atoms with E-state index in [2.05, 4.69) is 10.1 Å². The Morgan fingerprint density at radius 1 is 1.29 bits per heavy atom. The number of nitrogens with zero attached hydrogens (tertiary/aromatic N) is 3. The van der Waals surface area contributed by atoms with Crippen LogP contribution in [0.2, 0.25) is 0 Å². The van der Waals surface area contributed by atoms with Crippen molar-refractivity contribution in [2.75, 3.05) is 6.61 Å². The topological polar surface area (TPSA) is 69.6 Å². The minimum absolute atomic E-state index is 0.198. The third-order valence-corrected chi connectivity index (χ3v) is 4.38. The summed E-state index contributed by atoms with van der Waals surface area (Å²) in [7, 11) is 0. The zero-order valence-corrected chi connectivity index (χ0v) is 13.6. The summed E-state index contributed by atoms with van der Waals surface area (Å²) in [6.07, 6.45) is 3.26. The standard InChI is InChI=1S/C17H13N3O3S/c1-2-22-12-7-5-11(6-8-12)15-18-17-20(19-15)16(21)14(24-17)10-13-4-3-9-23-13/h3-10H,2H2,1H3/b14-10-. The highest BCUT2D eigenvalue weighted by atomic mass is 32.1. The first-order valence-corrected chi connectivity index (χ1v) is 8.24. The number of hydrogen-bond acceptors (Lipinski definition) is 6. The minimum atomic E-state index is -0.198. The molecule has 120 valence electrons. The molecule has 1 aromatic carbocycles. The lowest BCUT2D eigenvalue weighted by Gasteiger charge is -2.02. The molecule has 7 heteroatoms. The molecule has 0 spiro atoms. The van der Waals surface area contributed by atoms with Gasteiger partial charge in [-0.25, -0.2) is 0 Å². The maximum absolute atomic E-state index is 12.4. The van der Waals surface area contributed by atoms with Crippen LogP contribution in [-0.4, -0.2) is 21.2 Å². The maximum Gasteiger partial charge on any atom is 0.291 e. The van der Waals surface area contributed by atoms with Crippen molar-refractivity contribution in [3.63, 3.8) is 0 Å². The normalized spacial score (nSPS) is 12.1. The van der Waals surface area contributed by atoms with E-state index in [-0.39, 0.29) is 5.56 Å². The average molecular weight is 339 g/mol. The molecular formula is C17H13N3O3S. The number of benzene rings is 1. The van der Waals surface area contributed by atoms with Crippen molar-refractivity contribution in [2.24, 2.45) is 0 Å². The first-order chi connectivity index (χ1) is 11.7. The van der Waals surface area contributed by atoms with Crippen molar-refractivity contribution in [1.29, 1.82) is 0 Å². The molecule has 0 aliphatic carbocycles. The van der Waals surface area contributed by atoms with Crippen LogP contribution in [0.4, 0.5) is 0 Å².